The molecule has 0 saturated heterocycles. The molecule has 1 heterocycles. The van der Waals surface area contributed by atoms with Crippen LogP contribution in [0.4, 0.5) is 4.39 Å². The molecule has 0 saturated carbocycles. The summed E-state index contributed by atoms with van der Waals surface area (Å²) in [6.07, 6.45) is 0. The maximum Gasteiger partial charge on any atom is 0.261 e. The number of hydrogen-bond acceptors (Lipinski definition) is 2. The summed E-state index contributed by atoms with van der Waals surface area (Å²) < 4.78 is 12.9. The molecule has 2 rings (SSSR count). The van der Waals surface area contributed by atoms with E-state index in [9.17, 15) is 9.18 Å². The Balaban J connectivity index is 2.13. The van der Waals surface area contributed by atoms with Crippen LogP contribution < -0.4 is 5.32 Å². The summed E-state index contributed by atoms with van der Waals surface area (Å²) in [6.45, 7) is 8.29. The molecule has 1 unspecified atom stereocenters. The maximum absolute atomic E-state index is 12.9. The third-order valence-electron chi connectivity index (χ3n) is 3.61. The number of benzene rings is 1. The first kappa shape index (κ1) is 15.7. The summed E-state index contributed by atoms with van der Waals surface area (Å²) in [6, 6.07) is 10.1. The lowest BCUT2D eigenvalue weighted by Crippen LogP contribution is -2.41. The summed E-state index contributed by atoms with van der Waals surface area (Å²) in [5.41, 5.74) is 0.941. The Morgan fingerprint density at radius 1 is 1.14 bits per heavy atom. The Labute approximate surface area is 129 Å². The molecular formula is C17H20FNOS. The number of nitrogens with one attached hydrogen (secondary N) is 1. The molecule has 2 nitrogen and oxygen atoms in total. The number of carbonyl (C=O) groups is 1. The standard InChI is InChI=1S/C17H20FNOS/c1-11(17(2,3)4)19-16(20)15-10-9-14(21-15)12-5-7-13(18)8-6-12/h5-11H,1-4H3,(H,19,20). The van der Waals surface area contributed by atoms with E-state index in [4.69, 9.17) is 0 Å². The number of thiophene rings is 1. The van der Waals surface area contributed by atoms with Gasteiger partial charge in [-0.25, -0.2) is 4.39 Å². The van der Waals surface area contributed by atoms with E-state index in [-0.39, 0.29) is 23.2 Å². The lowest BCUT2D eigenvalue weighted by molar-refractivity contribution is 0.0914. The largest absolute Gasteiger partial charge is 0.348 e. The molecule has 0 radical (unpaired) electrons. The lowest BCUT2D eigenvalue weighted by atomic mass is 9.88. The van der Waals surface area contributed by atoms with E-state index >= 15 is 0 Å². The average Bonchev–Trinajstić information content (AvgIpc) is 2.88. The third kappa shape index (κ3) is 3.91. The quantitative estimate of drug-likeness (QED) is 0.873. The predicted octanol–water partition coefficient (Wildman–Crippen LogP) is 4.72. The van der Waals surface area contributed by atoms with Gasteiger partial charge in [0.05, 0.1) is 4.88 Å². The number of carbonyl (C=O) groups excluding carboxylic acids is 1. The second-order valence-corrected chi connectivity index (χ2v) is 7.32. The Morgan fingerprint density at radius 3 is 2.33 bits per heavy atom. The fraction of sp³-hybridized carbons (Fsp3) is 0.353. The van der Waals surface area contributed by atoms with E-state index < -0.39 is 0 Å². The van der Waals surface area contributed by atoms with Gasteiger partial charge < -0.3 is 5.32 Å². The molecule has 1 N–H and O–H groups in total. The van der Waals surface area contributed by atoms with Gasteiger partial charge in [-0.1, -0.05) is 32.9 Å². The van der Waals surface area contributed by atoms with Crippen LogP contribution in [-0.4, -0.2) is 11.9 Å². The van der Waals surface area contributed by atoms with E-state index in [0.29, 0.717) is 4.88 Å². The van der Waals surface area contributed by atoms with Crippen molar-refractivity contribution < 1.29 is 9.18 Å². The van der Waals surface area contributed by atoms with Gasteiger partial charge in [-0.05, 0) is 42.2 Å². The van der Waals surface area contributed by atoms with Crippen LogP contribution in [0.25, 0.3) is 10.4 Å². The van der Waals surface area contributed by atoms with Crippen LogP contribution in [0.5, 0.6) is 0 Å². The first-order valence-electron chi connectivity index (χ1n) is 6.94. The van der Waals surface area contributed by atoms with Crippen LogP contribution in [0.1, 0.15) is 37.4 Å². The van der Waals surface area contributed by atoms with Crippen LogP contribution in [-0.2, 0) is 0 Å². The van der Waals surface area contributed by atoms with Gasteiger partial charge in [0.2, 0.25) is 0 Å². The molecule has 1 aromatic heterocycles. The molecule has 0 aliphatic rings. The zero-order valence-electron chi connectivity index (χ0n) is 12.7. The van der Waals surface area contributed by atoms with E-state index in [1.165, 1.54) is 23.5 Å². The first-order chi connectivity index (χ1) is 9.77. The van der Waals surface area contributed by atoms with Crippen LogP contribution in [0, 0.1) is 11.2 Å². The Hall–Kier alpha value is -1.68. The molecule has 1 atom stereocenters. The SMILES string of the molecule is CC(NC(=O)c1ccc(-c2ccc(F)cc2)s1)C(C)(C)C. The Kier molecular flexibility index (Phi) is 4.47. The molecule has 4 heteroatoms. The molecule has 21 heavy (non-hydrogen) atoms. The van der Waals surface area contributed by atoms with Crippen molar-refractivity contribution in [3.63, 3.8) is 0 Å². The van der Waals surface area contributed by atoms with Crippen molar-refractivity contribution in [2.75, 3.05) is 0 Å². The van der Waals surface area contributed by atoms with Crippen LogP contribution >= 0.6 is 11.3 Å². The van der Waals surface area contributed by atoms with Gasteiger partial charge in [0.25, 0.3) is 5.91 Å². The molecule has 0 bridgehead atoms. The van der Waals surface area contributed by atoms with Crippen LogP contribution in [0.15, 0.2) is 36.4 Å². The van der Waals surface area contributed by atoms with Crippen molar-refractivity contribution >= 4 is 17.2 Å². The highest BCUT2D eigenvalue weighted by molar-refractivity contribution is 7.17. The monoisotopic (exact) mass is 305 g/mol. The zero-order valence-corrected chi connectivity index (χ0v) is 13.6. The highest BCUT2D eigenvalue weighted by Crippen LogP contribution is 2.28. The fourth-order valence-corrected chi connectivity index (χ4v) is 2.63. The first-order valence-corrected chi connectivity index (χ1v) is 7.75. The Morgan fingerprint density at radius 2 is 1.76 bits per heavy atom. The highest BCUT2D eigenvalue weighted by Gasteiger charge is 2.22. The molecule has 0 aliphatic carbocycles. The number of halogens is 1. The molecule has 1 aromatic carbocycles. The second-order valence-electron chi connectivity index (χ2n) is 6.23. The number of rotatable bonds is 3. The van der Waals surface area contributed by atoms with Gasteiger partial charge in [-0.2, -0.15) is 0 Å². The van der Waals surface area contributed by atoms with Gasteiger partial charge in [0.15, 0.2) is 0 Å². The lowest BCUT2D eigenvalue weighted by Gasteiger charge is -2.27. The van der Waals surface area contributed by atoms with E-state index in [1.54, 1.807) is 12.1 Å². The highest BCUT2D eigenvalue weighted by atomic mass is 32.1. The smallest absolute Gasteiger partial charge is 0.261 e. The molecule has 0 spiro atoms. The normalized spacial score (nSPS) is 13.0. The van der Waals surface area contributed by atoms with Gasteiger partial charge in [-0.3, -0.25) is 4.79 Å². The van der Waals surface area contributed by atoms with E-state index in [0.717, 1.165) is 10.4 Å². The molecule has 112 valence electrons. The van der Waals surface area contributed by atoms with Crippen molar-refractivity contribution in [3.05, 3.63) is 47.1 Å². The summed E-state index contributed by atoms with van der Waals surface area (Å²) in [7, 11) is 0. The summed E-state index contributed by atoms with van der Waals surface area (Å²) in [5, 5.41) is 3.02. The topological polar surface area (TPSA) is 29.1 Å². The summed E-state index contributed by atoms with van der Waals surface area (Å²) in [4.78, 5) is 13.9. The molecule has 2 aromatic rings. The second kappa shape index (κ2) is 5.98. The van der Waals surface area contributed by atoms with Gasteiger partial charge >= 0.3 is 0 Å². The fourth-order valence-electron chi connectivity index (χ4n) is 1.71. The minimum atomic E-state index is -0.257. The minimum absolute atomic E-state index is 0.0205. The molecule has 0 fully saturated rings. The number of hydrogen-bond donors (Lipinski definition) is 1. The van der Waals surface area contributed by atoms with E-state index in [1.807, 2.05) is 19.1 Å². The predicted molar refractivity (Wildman–Crippen MR) is 86.1 cm³/mol. The number of amides is 1. The van der Waals surface area contributed by atoms with Crippen LogP contribution in [0.3, 0.4) is 0 Å². The maximum atomic E-state index is 12.9. The zero-order chi connectivity index (χ0) is 15.6. The molecule has 0 aliphatic heterocycles. The Bertz CT molecular complexity index is 625. The van der Waals surface area contributed by atoms with Crippen molar-refractivity contribution in [2.24, 2.45) is 5.41 Å². The van der Waals surface area contributed by atoms with Gasteiger partial charge in [0, 0.05) is 10.9 Å². The third-order valence-corrected chi connectivity index (χ3v) is 4.74. The van der Waals surface area contributed by atoms with Gasteiger partial charge in [0.1, 0.15) is 5.82 Å². The average molecular weight is 305 g/mol. The van der Waals surface area contributed by atoms with Gasteiger partial charge in [-0.15, -0.1) is 11.3 Å². The van der Waals surface area contributed by atoms with Crippen molar-refractivity contribution in [1.29, 1.82) is 0 Å². The summed E-state index contributed by atoms with van der Waals surface area (Å²) in [5.74, 6) is -0.317. The summed E-state index contributed by atoms with van der Waals surface area (Å²) >= 11 is 1.42. The minimum Gasteiger partial charge on any atom is -0.348 e. The molecular weight excluding hydrogens is 285 g/mol. The van der Waals surface area contributed by atoms with Crippen molar-refractivity contribution in [2.45, 2.75) is 33.7 Å². The van der Waals surface area contributed by atoms with Crippen molar-refractivity contribution in [1.82, 2.24) is 5.32 Å². The molecule has 1 amide bonds. The van der Waals surface area contributed by atoms with Crippen molar-refractivity contribution in [3.8, 4) is 10.4 Å². The van der Waals surface area contributed by atoms with Crippen LogP contribution in [0.2, 0.25) is 0 Å². The van der Waals surface area contributed by atoms with E-state index in [2.05, 4.69) is 26.1 Å².